The van der Waals surface area contributed by atoms with Crippen LogP contribution in [0.1, 0.15) is 47.0 Å². The molecule has 1 aliphatic rings. The summed E-state index contributed by atoms with van der Waals surface area (Å²) in [5.74, 6) is 0.259. The summed E-state index contributed by atoms with van der Waals surface area (Å²) in [6.45, 7) is 9.05. The number of nitrogens with one attached hydrogen (secondary N) is 1. The maximum Gasteiger partial charge on any atom is 0.334 e. The number of rotatable bonds is 4. The standard InChI is InChI=1S/C17H25BrN2O3/c1-16(2)8-11(9-17(3,4)10-16)19-13-7-6-12(18)15(23-5)14(13)20(21)22/h6-7,11,19H,8-10H2,1-5H3. The van der Waals surface area contributed by atoms with Gasteiger partial charge in [-0.2, -0.15) is 0 Å². The number of hydrogen-bond donors (Lipinski definition) is 1. The van der Waals surface area contributed by atoms with Crippen molar-refractivity contribution in [3.63, 3.8) is 0 Å². The molecule has 0 aliphatic heterocycles. The molecule has 0 radical (unpaired) electrons. The Kier molecular flexibility index (Phi) is 4.95. The second kappa shape index (κ2) is 6.30. The first kappa shape index (κ1) is 18.0. The molecular weight excluding hydrogens is 360 g/mol. The van der Waals surface area contributed by atoms with Crippen LogP contribution in [0.2, 0.25) is 0 Å². The Bertz CT molecular complexity index is 598. The van der Waals surface area contributed by atoms with Gasteiger partial charge in [0.15, 0.2) is 0 Å². The zero-order valence-corrected chi connectivity index (χ0v) is 16.0. The number of halogens is 1. The largest absolute Gasteiger partial charge is 0.489 e. The van der Waals surface area contributed by atoms with Gasteiger partial charge in [-0.1, -0.05) is 27.7 Å². The lowest BCUT2D eigenvalue weighted by Crippen LogP contribution is -2.40. The van der Waals surface area contributed by atoms with Crippen LogP contribution in [0, 0.1) is 20.9 Å². The summed E-state index contributed by atoms with van der Waals surface area (Å²) in [6.07, 6.45) is 3.14. The van der Waals surface area contributed by atoms with Gasteiger partial charge < -0.3 is 10.1 Å². The molecule has 0 bridgehead atoms. The van der Waals surface area contributed by atoms with E-state index in [1.807, 2.05) is 0 Å². The first-order chi connectivity index (χ1) is 10.5. The van der Waals surface area contributed by atoms with Crippen LogP contribution in [-0.4, -0.2) is 18.1 Å². The van der Waals surface area contributed by atoms with E-state index in [9.17, 15) is 10.1 Å². The quantitative estimate of drug-likeness (QED) is 0.558. The normalized spacial score (nSPS) is 20.1. The van der Waals surface area contributed by atoms with Gasteiger partial charge in [0, 0.05) is 6.04 Å². The minimum absolute atomic E-state index is 0.0111. The number of anilines is 1. The Labute approximate surface area is 146 Å². The first-order valence-electron chi connectivity index (χ1n) is 7.82. The molecule has 0 atom stereocenters. The molecular formula is C17H25BrN2O3. The molecule has 0 saturated heterocycles. The molecule has 128 valence electrons. The van der Waals surface area contributed by atoms with Crippen LogP contribution in [0.25, 0.3) is 0 Å². The molecule has 1 aromatic carbocycles. The molecule has 0 spiro atoms. The maximum atomic E-state index is 11.5. The lowest BCUT2D eigenvalue weighted by atomic mass is 9.63. The van der Waals surface area contributed by atoms with Gasteiger partial charge >= 0.3 is 5.69 Å². The lowest BCUT2D eigenvalue weighted by molar-refractivity contribution is -0.384. The number of nitro benzene ring substituents is 1. The molecule has 2 rings (SSSR count). The van der Waals surface area contributed by atoms with Crippen LogP contribution >= 0.6 is 15.9 Å². The summed E-state index contributed by atoms with van der Waals surface area (Å²) in [7, 11) is 1.45. The van der Waals surface area contributed by atoms with Crippen molar-refractivity contribution in [1.82, 2.24) is 0 Å². The smallest absolute Gasteiger partial charge is 0.334 e. The second-order valence-corrected chi connectivity index (χ2v) is 8.84. The van der Waals surface area contributed by atoms with Crippen molar-refractivity contribution in [3.05, 3.63) is 26.7 Å². The third-order valence-corrected chi connectivity index (χ3v) is 5.01. The van der Waals surface area contributed by atoms with Crippen molar-refractivity contribution in [2.24, 2.45) is 10.8 Å². The Morgan fingerprint density at radius 1 is 1.26 bits per heavy atom. The Morgan fingerprint density at radius 2 is 1.83 bits per heavy atom. The summed E-state index contributed by atoms with van der Waals surface area (Å²) in [4.78, 5) is 11.1. The second-order valence-electron chi connectivity index (χ2n) is 7.99. The molecule has 1 aliphatic carbocycles. The number of nitrogens with zero attached hydrogens (tertiary/aromatic N) is 1. The summed E-state index contributed by atoms with van der Waals surface area (Å²) >= 11 is 3.31. The van der Waals surface area contributed by atoms with E-state index in [1.54, 1.807) is 12.1 Å². The van der Waals surface area contributed by atoms with E-state index in [2.05, 4.69) is 48.9 Å². The van der Waals surface area contributed by atoms with Gasteiger partial charge in [0.05, 0.1) is 16.5 Å². The topological polar surface area (TPSA) is 64.4 Å². The third-order valence-electron chi connectivity index (χ3n) is 4.38. The van der Waals surface area contributed by atoms with Gasteiger partial charge in [0.25, 0.3) is 0 Å². The SMILES string of the molecule is COc1c(Br)ccc(NC2CC(C)(C)CC(C)(C)C2)c1[N+](=O)[O-]. The lowest BCUT2D eigenvalue weighted by Gasteiger charge is -2.45. The number of benzene rings is 1. The van der Waals surface area contributed by atoms with Crippen LogP contribution in [0.4, 0.5) is 11.4 Å². The van der Waals surface area contributed by atoms with E-state index in [1.165, 1.54) is 7.11 Å². The number of methoxy groups -OCH3 is 1. The molecule has 0 aromatic heterocycles. The van der Waals surface area contributed by atoms with Crippen molar-refractivity contribution in [1.29, 1.82) is 0 Å². The van der Waals surface area contributed by atoms with E-state index in [4.69, 9.17) is 4.74 Å². The number of nitro groups is 1. The molecule has 5 nitrogen and oxygen atoms in total. The highest BCUT2D eigenvalue weighted by Crippen LogP contribution is 2.48. The molecule has 1 fully saturated rings. The average Bonchev–Trinajstić information content (AvgIpc) is 2.36. The zero-order chi connectivity index (χ0) is 17.4. The van der Waals surface area contributed by atoms with Crippen molar-refractivity contribution < 1.29 is 9.66 Å². The predicted molar refractivity (Wildman–Crippen MR) is 96.2 cm³/mol. The van der Waals surface area contributed by atoms with Gasteiger partial charge in [-0.05, 0) is 58.2 Å². The summed E-state index contributed by atoms with van der Waals surface area (Å²) < 4.78 is 5.81. The molecule has 1 saturated carbocycles. The van der Waals surface area contributed by atoms with E-state index < -0.39 is 0 Å². The van der Waals surface area contributed by atoms with Gasteiger partial charge in [-0.3, -0.25) is 10.1 Å². The fourth-order valence-electron chi connectivity index (χ4n) is 4.21. The molecule has 1 aromatic rings. The van der Waals surface area contributed by atoms with Crippen LogP contribution in [0.5, 0.6) is 5.75 Å². The molecule has 1 N–H and O–H groups in total. The highest BCUT2D eigenvalue weighted by atomic mass is 79.9. The zero-order valence-electron chi connectivity index (χ0n) is 14.4. The first-order valence-corrected chi connectivity index (χ1v) is 8.61. The fourth-order valence-corrected chi connectivity index (χ4v) is 4.69. The monoisotopic (exact) mass is 384 g/mol. The van der Waals surface area contributed by atoms with Crippen LogP contribution in [0.15, 0.2) is 16.6 Å². The molecule has 0 heterocycles. The van der Waals surface area contributed by atoms with Crippen LogP contribution in [0.3, 0.4) is 0 Å². The Hall–Kier alpha value is -1.30. The Balaban J connectivity index is 2.35. The molecule has 0 amide bonds. The van der Waals surface area contributed by atoms with Crippen molar-refractivity contribution >= 4 is 27.3 Å². The summed E-state index contributed by atoms with van der Waals surface area (Å²) in [6, 6.07) is 3.74. The Morgan fingerprint density at radius 3 is 2.30 bits per heavy atom. The third kappa shape index (κ3) is 4.16. The van der Waals surface area contributed by atoms with Gasteiger partial charge in [-0.25, -0.2) is 0 Å². The van der Waals surface area contributed by atoms with Crippen LogP contribution < -0.4 is 10.1 Å². The van der Waals surface area contributed by atoms with Crippen molar-refractivity contribution in [3.8, 4) is 5.75 Å². The van der Waals surface area contributed by atoms with Gasteiger partial charge in [0.2, 0.25) is 5.75 Å². The van der Waals surface area contributed by atoms with E-state index in [0.717, 1.165) is 19.3 Å². The number of ether oxygens (including phenoxy) is 1. The summed E-state index contributed by atoms with van der Waals surface area (Å²) in [5.41, 5.74) is 0.943. The summed E-state index contributed by atoms with van der Waals surface area (Å²) in [5, 5.41) is 14.9. The predicted octanol–water partition coefficient (Wildman–Crippen LogP) is 5.38. The van der Waals surface area contributed by atoms with Gasteiger partial charge in [-0.15, -0.1) is 0 Å². The number of hydrogen-bond acceptors (Lipinski definition) is 4. The van der Waals surface area contributed by atoms with Gasteiger partial charge in [0.1, 0.15) is 5.69 Å². The minimum atomic E-state index is -0.384. The van der Waals surface area contributed by atoms with E-state index >= 15 is 0 Å². The van der Waals surface area contributed by atoms with Crippen molar-refractivity contribution in [2.75, 3.05) is 12.4 Å². The highest BCUT2D eigenvalue weighted by molar-refractivity contribution is 9.10. The molecule has 6 heteroatoms. The molecule has 23 heavy (non-hydrogen) atoms. The van der Waals surface area contributed by atoms with E-state index in [-0.39, 0.29) is 33.2 Å². The van der Waals surface area contributed by atoms with Crippen molar-refractivity contribution in [2.45, 2.75) is 53.0 Å². The molecule has 0 unspecified atom stereocenters. The van der Waals surface area contributed by atoms with Crippen LogP contribution in [-0.2, 0) is 0 Å². The fraction of sp³-hybridized carbons (Fsp3) is 0.647. The highest BCUT2D eigenvalue weighted by Gasteiger charge is 2.39. The average molecular weight is 385 g/mol. The van der Waals surface area contributed by atoms with E-state index in [0.29, 0.717) is 10.2 Å². The maximum absolute atomic E-state index is 11.5. The minimum Gasteiger partial charge on any atom is -0.489 e.